The standard InChI is InChI=1S/C18H16OS/c1-19-16-12-11-13-7-5-6-10-15(13)17(16)18(20)14-8-3-2-4-9-14/h2-12,18,20H,1H3. The molecule has 0 saturated heterocycles. The summed E-state index contributed by atoms with van der Waals surface area (Å²) in [6.45, 7) is 0. The van der Waals surface area contributed by atoms with Crippen molar-refractivity contribution in [2.75, 3.05) is 7.11 Å². The predicted octanol–water partition coefficient (Wildman–Crippen LogP) is 4.87. The highest BCUT2D eigenvalue weighted by Crippen LogP contribution is 2.39. The lowest BCUT2D eigenvalue weighted by atomic mass is 9.97. The summed E-state index contributed by atoms with van der Waals surface area (Å²) in [7, 11) is 1.71. The van der Waals surface area contributed by atoms with Gasteiger partial charge >= 0.3 is 0 Å². The van der Waals surface area contributed by atoms with Gasteiger partial charge in [-0.25, -0.2) is 0 Å². The van der Waals surface area contributed by atoms with E-state index in [4.69, 9.17) is 17.4 Å². The van der Waals surface area contributed by atoms with Crippen molar-refractivity contribution in [2.24, 2.45) is 0 Å². The molecule has 0 spiro atoms. The monoisotopic (exact) mass is 280 g/mol. The Morgan fingerprint density at radius 1 is 0.850 bits per heavy atom. The van der Waals surface area contributed by atoms with Crippen molar-refractivity contribution in [3.8, 4) is 5.75 Å². The van der Waals surface area contributed by atoms with Gasteiger partial charge in [-0.15, -0.1) is 0 Å². The molecule has 0 N–H and O–H groups in total. The lowest BCUT2D eigenvalue weighted by molar-refractivity contribution is 0.411. The Kier molecular flexibility index (Phi) is 3.66. The fraction of sp³-hybridized carbons (Fsp3) is 0.111. The van der Waals surface area contributed by atoms with Crippen molar-refractivity contribution in [1.82, 2.24) is 0 Å². The Morgan fingerprint density at radius 2 is 1.55 bits per heavy atom. The molecular formula is C18H16OS. The van der Waals surface area contributed by atoms with Crippen LogP contribution in [0.2, 0.25) is 0 Å². The molecule has 20 heavy (non-hydrogen) atoms. The van der Waals surface area contributed by atoms with Crippen molar-refractivity contribution in [2.45, 2.75) is 5.25 Å². The predicted molar refractivity (Wildman–Crippen MR) is 87.8 cm³/mol. The summed E-state index contributed by atoms with van der Waals surface area (Å²) in [6.07, 6.45) is 0. The second-order valence-corrected chi connectivity index (χ2v) is 5.23. The van der Waals surface area contributed by atoms with E-state index in [1.165, 1.54) is 16.3 Å². The third kappa shape index (κ3) is 2.27. The van der Waals surface area contributed by atoms with Crippen LogP contribution >= 0.6 is 12.6 Å². The maximum atomic E-state index is 5.55. The molecule has 2 heteroatoms. The number of benzene rings is 3. The van der Waals surface area contributed by atoms with E-state index in [-0.39, 0.29) is 5.25 Å². The van der Waals surface area contributed by atoms with E-state index in [0.717, 1.165) is 11.3 Å². The molecule has 100 valence electrons. The van der Waals surface area contributed by atoms with Crippen LogP contribution in [0.1, 0.15) is 16.4 Å². The van der Waals surface area contributed by atoms with Crippen molar-refractivity contribution in [3.05, 3.63) is 77.9 Å². The van der Waals surface area contributed by atoms with Crippen LogP contribution in [0.15, 0.2) is 66.7 Å². The number of thiol groups is 1. The van der Waals surface area contributed by atoms with Crippen LogP contribution < -0.4 is 4.74 Å². The summed E-state index contributed by atoms with van der Waals surface area (Å²) in [4.78, 5) is 0. The number of methoxy groups -OCH3 is 1. The van der Waals surface area contributed by atoms with Crippen LogP contribution in [0.4, 0.5) is 0 Å². The summed E-state index contributed by atoms with van der Waals surface area (Å²) in [5.74, 6) is 0.882. The van der Waals surface area contributed by atoms with Gasteiger partial charge in [0.05, 0.1) is 12.4 Å². The zero-order valence-electron chi connectivity index (χ0n) is 11.3. The molecule has 1 unspecified atom stereocenters. The van der Waals surface area contributed by atoms with Crippen LogP contribution in [0.5, 0.6) is 5.75 Å². The maximum Gasteiger partial charge on any atom is 0.124 e. The van der Waals surface area contributed by atoms with Crippen molar-refractivity contribution in [1.29, 1.82) is 0 Å². The van der Waals surface area contributed by atoms with Gasteiger partial charge in [-0.05, 0) is 22.4 Å². The molecule has 1 nitrogen and oxygen atoms in total. The number of ether oxygens (including phenoxy) is 1. The van der Waals surface area contributed by atoms with E-state index in [2.05, 4.69) is 42.5 Å². The van der Waals surface area contributed by atoms with Crippen molar-refractivity contribution >= 4 is 23.4 Å². The maximum absolute atomic E-state index is 5.55. The third-order valence-electron chi connectivity index (χ3n) is 3.54. The van der Waals surface area contributed by atoms with Crippen LogP contribution in [-0.2, 0) is 0 Å². The fourth-order valence-electron chi connectivity index (χ4n) is 2.54. The molecular weight excluding hydrogens is 264 g/mol. The van der Waals surface area contributed by atoms with Crippen molar-refractivity contribution < 1.29 is 4.74 Å². The molecule has 0 fully saturated rings. The Morgan fingerprint density at radius 3 is 2.30 bits per heavy atom. The minimum absolute atomic E-state index is 0.00255. The molecule has 0 heterocycles. The van der Waals surface area contributed by atoms with E-state index in [1.807, 2.05) is 24.3 Å². The summed E-state index contributed by atoms with van der Waals surface area (Å²) in [5, 5.41) is 2.39. The summed E-state index contributed by atoms with van der Waals surface area (Å²) in [5.41, 5.74) is 2.30. The molecule has 3 aromatic carbocycles. The molecule has 1 atom stereocenters. The van der Waals surface area contributed by atoms with Gasteiger partial charge < -0.3 is 4.74 Å². The number of hydrogen-bond donors (Lipinski definition) is 1. The number of rotatable bonds is 3. The van der Waals surface area contributed by atoms with E-state index < -0.39 is 0 Å². The second-order valence-electron chi connectivity index (χ2n) is 4.72. The molecule has 0 aliphatic rings. The van der Waals surface area contributed by atoms with Crippen LogP contribution in [-0.4, -0.2) is 7.11 Å². The quantitative estimate of drug-likeness (QED) is 0.674. The van der Waals surface area contributed by atoms with Gasteiger partial charge in [-0.3, -0.25) is 0 Å². The lowest BCUT2D eigenvalue weighted by Crippen LogP contribution is -1.98. The molecule has 3 aromatic rings. The zero-order chi connectivity index (χ0) is 13.9. The van der Waals surface area contributed by atoms with E-state index in [0.29, 0.717) is 0 Å². The topological polar surface area (TPSA) is 9.23 Å². The highest BCUT2D eigenvalue weighted by atomic mass is 32.1. The largest absolute Gasteiger partial charge is 0.496 e. The van der Waals surface area contributed by atoms with Gasteiger partial charge in [0.2, 0.25) is 0 Å². The summed E-state index contributed by atoms with van der Waals surface area (Å²) >= 11 is 4.83. The van der Waals surface area contributed by atoms with Gasteiger partial charge in [0.1, 0.15) is 5.75 Å². The SMILES string of the molecule is COc1ccc2ccccc2c1C(S)c1ccccc1. The summed E-state index contributed by atoms with van der Waals surface area (Å²) < 4.78 is 5.55. The Bertz CT molecular complexity index is 722. The Balaban J connectivity index is 2.23. The molecule has 0 amide bonds. The van der Waals surface area contributed by atoms with Crippen molar-refractivity contribution in [3.63, 3.8) is 0 Å². The van der Waals surface area contributed by atoms with Gasteiger partial charge in [-0.1, -0.05) is 60.7 Å². The Labute approximate surface area is 124 Å². The molecule has 0 aliphatic heterocycles. The normalized spacial score (nSPS) is 12.3. The highest BCUT2D eigenvalue weighted by Gasteiger charge is 2.17. The first-order chi connectivity index (χ1) is 9.81. The number of fused-ring (bicyclic) bond motifs is 1. The summed E-state index contributed by atoms with van der Waals surface area (Å²) in [6, 6.07) is 22.7. The minimum Gasteiger partial charge on any atom is -0.496 e. The van der Waals surface area contributed by atoms with E-state index in [9.17, 15) is 0 Å². The molecule has 0 aliphatic carbocycles. The molecule has 0 radical (unpaired) electrons. The van der Waals surface area contributed by atoms with Crippen LogP contribution in [0, 0.1) is 0 Å². The number of hydrogen-bond acceptors (Lipinski definition) is 2. The van der Waals surface area contributed by atoms with E-state index >= 15 is 0 Å². The van der Waals surface area contributed by atoms with Crippen LogP contribution in [0.25, 0.3) is 10.8 Å². The second kappa shape index (κ2) is 5.59. The lowest BCUT2D eigenvalue weighted by Gasteiger charge is -2.18. The van der Waals surface area contributed by atoms with Crippen LogP contribution in [0.3, 0.4) is 0 Å². The Hall–Kier alpha value is -1.93. The minimum atomic E-state index is -0.00255. The zero-order valence-corrected chi connectivity index (χ0v) is 12.2. The van der Waals surface area contributed by atoms with Gasteiger partial charge in [0.15, 0.2) is 0 Å². The average Bonchev–Trinajstić information content (AvgIpc) is 2.54. The first-order valence-corrected chi connectivity index (χ1v) is 7.11. The molecule has 0 aromatic heterocycles. The van der Waals surface area contributed by atoms with Gasteiger partial charge in [0, 0.05) is 5.56 Å². The smallest absolute Gasteiger partial charge is 0.124 e. The first-order valence-electron chi connectivity index (χ1n) is 6.60. The molecule has 0 saturated carbocycles. The highest BCUT2D eigenvalue weighted by molar-refractivity contribution is 7.80. The van der Waals surface area contributed by atoms with E-state index in [1.54, 1.807) is 7.11 Å². The van der Waals surface area contributed by atoms with Gasteiger partial charge in [-0.2, -0.15) is 12.6 Å². The third-order valence-corrected chi connectivity index (χ3v) is 4.10. The molecule has 0 bridgehead atoms. The fourth-order valence-corrected chi connectivity index (χ4v) is 2.98. The first kappa shape index (κ1) is 13.1. The average molecular weight is 280 g/mol. The molecule has 3 rings (SSSR count). The van der Waals surface area contributed by atoms with Gasteiger partial charge in [0.25, 0.3) is 0 Å².